The standard InChI is InChI=1S/C30H42ClN3O3/c1-28(36)13-14-30(15-16-37-3)19(17-28)7-8-20-21-9-10-23(29(21,2)12-11-22(20)30)26(35)18-34-32-25-6-4-5-24(31)27(25)33-34/h4-6,19-23,36H,7-18H2,1-3H3/t19-,20-,21-,22-,23+,28+,29-,30+/m0/s1. The van der Waals surface area contributed by atoms with Gasteiger partial charge in [-0.3, -0.25) is 4.79 Å². The predicted molar refractivity (Wildman–Crippen MR) is 144 cm³/mol. The molecule has 6 nitrogen and oxygen atoms in total. The van der Waals surface area contributed by atoms with Crippen molar-refractivity contribution in [2.24, 2.45) is 40.4 Å². The molecule has 6 rings (SSSR count). The van der Waals surface area contributed by atoms with Gasteiger partial charge in [0, 0.05) is 19.6 Å². The molecule has 0 amide bonds. The summed E-state index contributed by atoms with van der Waals surface area (Å²) in [6.45, 7) is 5.48. The molecule has 0 unspecified atom stereocenters. The summed E-state index contributed by atoms with van der Waals surface area (Å²) in [6, 6.07) is 5.57. The third-order valence-electron chi connectivity index (χ3n) is 11.5. The van der Waals surface area contributed by atoms with Crippen molar-refractivity contribution in [2.45, 2.75) is 90.2 Å². The lowest BCUT2D eigenvalue weighted by Gasteiger charge is -2.63. The first kappa shape index (κ1) is 25.8. The van der Waals surface area contributed by atoms with E-state index in [0.717, 1.165) is 57.1 Å². The fraction of sp³-hybridized carbons (Fsp3) is 0.767. The molecule has 2 aromatic rings. The van der Waals surface area contributed by atoms with E-state index in [-0.39, 0.29) is 29.1 Å². The zero-order valence-corrected chi connectivity index (χ0v) is 23.3. The smallest absolute Gasteiger partial charge is 0.159 e. The molecular weight excluding hydrogens is 486 g/mol. The van der Waals surface area contributed by atoms with Crippen LogP contribution in [0.25, 0.3) is 11.0 Å². The molecule has 4 fully saturated rings. The molecule has 0 saturated heterocycles. The van der Waals surface area contributed by atoms with Gasteiger partial charge in [-0.25, -0.2) is 0 Å². The Labute approximate surface area is 225 Å². The van der Waals surface area contributed by atoms with Crippen molar-refractivity contribution in [2.75, 3.05) is 13.7 Å². The number of carbonyl (C=O) groups excluding carboxylic acids is 1. The van der Waals surface area contributed by atoms with Gasteiger partial charge in [0.05, 0.1) is 10.6 Å². The van der Waals surface area contributed by atoms with Crippen molar-refractivity contribution in [1.29, 1.82) is 0 Å². The van der Waals surface area contributed by atoms with Crippen LogP contribution in [-0.4, -0.2) is 45.2 Å². The van der Waals surface area contributed by atoms with Crippen LogP contribution in [0.2, 0.25) is 5.02 Å². The van der Waals surface area contributed by atoms with Crippen LogP contribution in [0.1, 0.15) is 78.1 Å². The van der Waals surface area contributed by atoms with Crippen LogP contribution in [0.5, 0.6) is 0 Å². The minimum absolute atomic E-state index is 0.0535. The first-order valence-corrected chi connectivity index (χ1v) is 14.8. The summed E-state index contributed by atoms with van der Waals surface area (Å²) in [5, 5.41) is 20.6. The van der Waals surface area contributed by atoms with E-state index < -0.39 is 5.60 Å². The highest BCUT2D eigenvalue weighted by molar-refractivity contribution is 6.34. The summed E-state index contributed by atoms with van der Waals surface area (Å²) < 4.78 is 5.63. The zero-order chi connectivity index (χ0) is 26.0. The highest BCUT2D eigenvalue weighted by Gasteiger charge is 2.62. The molecular formula is C30H42ClN3O3. The number of hydrogen-bond donors (Lipinski definition) is 1. The third-order valence-corrected chi connectivity index (χ3v) is 11.8. The second kappa shape index (κ2) is 9.31. The Kier molecular flexibility index (Phi) is 6.48. The largest absolute Gasteiger partial charge is 0.390 e. The van der Waals surface area contributed by atoms with Crippen molar-refractivity contribution in [1.82, 2.24) is 15.0 Å². The minimum Gasteiger partial charge on any atom is -0.390 e. The van der Waals surface area contributed by atoms with Gasteiger partial charge in [0.25, 0.3) is 0 Å². The van der Waals surface area contributed by atoms with Crippen LogP contribution in [0.3, 0.4) is 0 Å². The van der Waals surface area contributed by atoms with Crippen molar-refractivity contribution < 1.29 is 14.6 Å². The number of aliphatic hydroxyl groups is 1. The molecule has 0 bridgehead atoms. The zero-order valence-electron chi connectivity index (χ0n) is 22.6. The van der Waals surface area contributed by atoms with E-state index in [0.29, 0.717) is 34.2 Å². The topological polar surface area (TPSA) is 77.2 Å². The number of fused-ring (bicyclic) bond motifs is 6. The van der Waals surface area contributed by atoms with Crippen molar-refractivity contribution >= 4 is 28.4 Å². The number of aromatic nitrogens is 3. The number of ether oxygens (including phenoxy) is 1. The molecule has 0 aliphatic heterocycles. The number of ketones is 1. The van der Waals surface area contributed by atoms with Crippen LogP contribution in [0.4, 0.5) is 0 Å². The van der Waals surface area contributed by atoms with Gasteiger partial charge in [-0.2, -0.15) is 15.0 Å². The molecule has 4 aliphatic rings. The Balaban J connectivity index is 1.23. The number of nitrogens with zero attached hydrogens (tertiary/aromatic N) is 3. The van der Waals surface area contributed by atoms with E-state index in [1.54, 1.807) is 4.80 Å². The Morgan fingerprint density at radius 2 is 1.95 bits per heavy atom. The monoisotopic (exact) mass is 527 g/mol. The van der Waals surface area contributed by atoms with Gasteiger partial charge >= 0.3 is 0 Å². The lowest BCUT2D eigenvalue weighted by atomic mass is 9.42. The molecule has 1 heterocycles. The quantitative estimate of drug-likeness (QED) is 0.492. The van der Waals surface area contributed by atoms with Crippen LogP contribution < -0.4 is 0 Å². The Hall–Kier alpha value is -1.50. The van der Waals surface area contributed by atoms with Crippen molar-refractivity contribution in [3.05, 3.63) is 23.2 Å². The number of methoxy groups -OCH3 is 1. The SMILES string of the molecule is COCC[C@]12CC[C@@](C)(O)C[C@@H]1CC[C@H]1[C@@H]3CC[C@H](C(=O)Cn4nc5cccc(Cl)c5n4)[C@@]3(C)CC[C@@H]12. The maximum atomic E-state index is 13.7. The van der Waals surface area contributed by atoms with E-state index in [4.69, 9.17) is 16.3 Å². The molecule has 0 radical (unpaired) electrons. The Morgan fingerprint density at radius 3 is 2.73 bits per heavy atom. The fourth-order valence-electron chi connectivity index (χ4n) is 9.82. The van der Waals surface area contributed by atoms with Gasteiger partial charge in [-0.15, -0.1) is 0 Å². The summed E-state index contributed by atoms with van der Waals surface area (Å²) in [4.78, 5) is 15.3. The molecule has 37 heavy (non-hydrogen) atoms. The second-order valence-electron chi connectivity index (χ2n) is 13.3. The first-order valence-electron chi connectivity index (χ1n) is 14.4. The predicted octanol–water partition coefficient (Wildman–Crippen LogP) is 6.08. The van der Waals surface area contributed by atoms with E-state index in [1.807, 2.05) is 32.2 Å². The van der Waals surface area contributed by atoms with E-state index in [1.165, 1.54) is 19.3 Å². The molecule has 8 atom stereocenters. The average Bonchev–Trinajstić information content (AvgIpc) is 3.43. The molecule has 1 N–H and O–H groups in total. The molecule has 202 valence electrons. The highest BCUT2D eigenvalue weighted by Crippen LogP contribution is 2.69. The summed E-state index contributed by atoms with van der Waals surface area (Å²) >= 11 is 6.30. The van der Waals surface area contributed by atoms with Crippen LogP contribution in [0, 0.1) is 40.4 Å². The number of Topliss-reactive ketones (excluding diaryl/α,β-unsaturated/α-hetero) is 1. The Bertz CT molecular complexity index is 1180. The van der Waals surface area contributed by atoms with Crippen molar-refractivity contribution in [3.8, 4) is 0 Å². The molecule has 1 aromatic carbocycles. The number of benzene rings is 1. The fourth-order valence-corrected chi connectivity index (χ4v) is 10.0. The van der Waals surface area contributed by atoms with Crippen LogP contribution in [0.15, 0.2) is 18.2 Å². The van der Waals surface area contributed by atoms with Gasteiger partial charge in [-0.1, -0.05) is 24.6 Å². The maximum Gasteiger partial charge on any atom is 0.159 e. The molecule has 0 spiro atoms. The molecule has 7 heteroatoms. The average molecular weight is 528 g/mol. The van der Waals surface area contributed by atoms with Gasteiger partial charge in [0.15, 0.2) is 5.78 Å². The van der Waals surface area contributed by atoms with Gasteiger partial charge < -0.3 is 9.84 Å². The van der Waals surface area contributed by atoms with E-state index >= 15 is 0 Å². The second-order valence-corrected chi connectivity index (χ2v) is 13.7. The van der Waals surface area contributed by atoms with Crippen LogP contribution >= 0.6 is 11.6 Å². The third kappa shape index (κ3) is 4.17. The van der Waals surface area contributed by atoms with Crippen molar-refractivity contribution in [3.63, 3.8) is 0 Å². The highest BCUT2D eigenvalue weighted by atomic mass is 35.5. The first-order chi connectivity index (χ1) is 17.7. The number of hydrogen-bond acceptors (Lipinski definition) is 5. The summed E-state index contributed by atoms with van der Waals surface area (Å²) in [5.74, 6) is 2.89. The van der Waals surface area contributed by atoms with E-state index in [2.05, 4.69) is 17.1 Å². The Morgan fingerprint density at radius 1 is 1.11 bits per heavy atom. The van der Waals surface area contributed by atoms with Gasteiger partial charge in [0.2, 0.25) is 0 Å². The molecule has 1 aromatic heterocycles. The minimum atomic E-state index is -0.530. The molecule has 4 aliphatic carbocycles. The molecule has 4 saturated carbocycles. The summed E-state index contributed by atoms with van der Waals surface area (Å²) in [5.41, 5.74) is 1.21. The number of rotatable bonds is 6. The lowest BCUT2D eigenvalue weighted by Crippen LogP contribution is -2.57. The summed E-state index contributed by atoms with van der Waals surface area (Å²) in [7, 11) is 1.82. The van der Waals surface area contributed by atoms with Crippen LogP contribution in [-0.2, 0) is 16.1 Å². The van der Waals surface area contributed by atoms with E-state index in [9.17, 15) is 9.90 Å². The summed E-state index contributed by atoms with van der Waals surface area (Å²) in [6.07, 6.45) is 10.9. The number of carbonyl (C=O) groups is 1. The van der Waals surface area contributed by atoms with Gasteiger partial charge in [0.1, 0.15) is 17.6 Å². The lowest BCUT2D eigenvalue weighted by molar-refractivity contribution is -0.163. The maximum absolute atomic E-state index is 13.7. The normalized spacial score (nSPS) is 41.3. The van der Waals surface area contributed by atoms with Gasteiger partial charge in [-0.05, 0) is 118 Å². The number of halogens is 1.